The number of carbonyl (C=O) groups excluding carboxylic acids is 3. The SMILES string of the molecule is Cc1cccc(-c2sc(C)nc2C(=O)N2CC[C@H]2CNC(=O)c2cccc3c2NC(=O)CO3)c1. The van der Waals surface area contributed by atoms with Gasteiger partial charge in [0.1, 0.15) is 11.4 Å². The fourth-order valence-corrected chi connectivity index (χ4v) is 5.11. The van der Waals surface area contributed by atoms with Crippen molar-refractivity contribution in [1.29, 1.82) is 0 Å². The van der Waals surface area contributed by atoms with E-state index >= 15 is 0 Å². The molecule has 0 spiro atoms. The Morgan fingerprint density at radius 3 is 2.82 bits per heavy atom. The van der Waals surface area contributed by atoms with Crippen molar-refractivity contribution in [3.63, 3.8) is 0 Å². The van der Waals surface area contributed by atoms with E-state index in [1.165, 1.54) is 11.3 Å². The maximum Gasteiger partial charge on any atom is 0.274 e. The lowest BCUT2D eigenvalue weighted by atomic mass is 10.0. The number of thiazole rings is 1. The molecule has 0 saturated carbocycles. The van der Waals surface area contributed by atoms with Crippen molar-refractivity contribution in [2.75, 3.05) is 25.0 Å². The number of nitrogens with zero attached hydrogens (tertiary/aromatic N) is 2. The topological polar surface area (TPSA) is 101 Å². The molecule has 0 bridgehead atoms. The van der Waals surface area contributed by atoms with Crippen LogP contribution in [-0.2, 0) is 4.79 Å². The summed E-state index contributed by atoms with van der Waals surface area (Å²) in [5, 5.41) is 6.45. The van der Waals surface area contributed by atoms with E-state index < -0.39 is 0 Å². The molecule has 0 unspecified atom stereocenters. The monoisotopic (exact) mass is 476 g/mol. The number of hydrogen-bond acceptors (Lipinski definition) is 6. The van der Waals surface area contributed by atoms with E-state index in [-0.39, 0.29) is 30.4 Å². The fourth-order valence-electron chi connectivity index (χ4n) is 4.20. The van der Waals surface area contributed by atoms with Gasteiger partial charge in [0.05, 0.1) is 27.2 Å². The van der Waals surface area contributed by atoms with Crippen molar-refractivity contribution in [2.45, 2.75) is 26.3 Å². The van der Waals surface area contributed by atoms with Crippen molar-refractivity contribution in [2.24, 2.45) is 0 Å². The maximum atomic E-state index is 13.4. The van der Waals surface area contributed by atoms with Crippen LogP contribution in [0.25, 0.3) is 10.4 Å². The van der Waals surface area contributed by atoms with Crippen molar-refractivity contribution >= 4 is 34.7 Å². The van der Waals surface area contributed by atoms with Crippen molar-refractivity contribution in [3.8, 4) is 16.2 Å². The number of rotatable bonds is 5. The second-order valence-corrected chi connectivity index (χ2v) is 9.65. The molecule has 2 aliphatic heterocycles. The Balaban J connectivity index is 1.29. The third kappa shape index (κ3) is 4.14. The first-order chi connectivity index (χ1) is 16.4. The number of ether oxygens (including phenoxy) is 1. The smallest absolute Gasteiger partial charge is 0.274 e. The number of benzene rings is 2. The van der Waals surface area contributed by atoms with E-state index in [2.05, 4.69) is 21.7 Å². The lowest BCUT2D eigenvalue weighted by Crippen LogP contribution is -2.56. The average Bonchev–Trinajstić information content (AvgIpc) is 3.19. The number of fused-ring (bicyclic) bond motifs is 1. The van der Waals surface area contributed by atoms with Crippen LogP contribution >= 0.6 is 11.3 Å². The highest BCUT2D eigenvalue weighted by Crippen LogP contribution is 2.34. The molecule has 0 radical (unpaired) electrons. The minimum Gasteiger partial charge on any atom is -0.482 e. The molecule has 2 aromatic carbocycles. The highest BCUT2D eigenvalue weighted by Gasteiger charge is 2.35. The molecule has 3 aromatic rings. The second-order valence-electron chi connectivity index (χ2n) is 8.45. The summed E-state index contributed by atoms with van der Waals surface area (Å²) >= 11 is 1.51. The summed E-state index contributed by atoms with van der Waals surface area (Å²) in [6.45, 7) is 4.78. The number of likely N-dealkylation sites (tertiary alicyclic amines) is 1. The van der Waals surface area contributed by atoms with Gasteiger partial charge in [-0.15, -0.1) is 11.3 Å². The van der Waals surface area contributed by atoms with Gasteiger partial charge in [0, 0.05) is 13.1 Å². The Bertz CT molecular complexity index is 1300. The largest absolute Gasteiger partial charge is 0.482 e. The molecule has 174 valence electrons. The van der Waals surface area contributed by atoms with E-state index in [4.69, 9.17) is 4.74 Å². The first kappa shape index (κ1) is 22.1. The van der Waals surface area contributed by atoms with Gasteiger partial charge in [0.2, 0.25) is 0 Å². The highest BCUT2D eigenvalue weighted by molar-refractivity contribution is 7.15. The standard InChI is InChI=1S/C25H24N4O4S/c1-14-5-3-6-16(11-14)23-22(27-15(2)34-23)25(32)29-10-9-17(29)12-26-24(31)18-7-4-8-19-21(18)28-20(30)13-33-19/h3-8,11,17H,9-10,12-13H2,1-2H3,(H,26,31)(H,28,30)/t17-/m0/s1. The number of para-hydroxylation sites is 1. The second kappa shape index (κ2) is 8.90. The third-order valence-corrected chi connectivity index (χ3v) is 7.03. The molecule has 2 aliphatic rings. The van der Waals surface area contributed by atoms with Crippen LogP contribution in [0.15, 0.2) is 42.5 Å². The fraction of sp³-hybridized carbons (Fsp3) is 0.280. The van der Waals surface area contributed by atoms with Crippen molar-refractivity contribution in [3.05, 3.63) is 64.3 Å². The highest BCUT2D eigenvalue weighted by atomic mass is 32.1. The summed E-state index contributed by atoms with van der Waals surface area (Å²) in [5.41, 5.74) is 3.27. The molecule has 1 atom stereocenters. The lowest BCUT2D eigenvalue weighted by Gasteiger charge is -2.40. The van der Waals surface area contributed by atoms with Gasteiger partial charge in [0.15, 0.2) is 6.61 Å². The molecule has 34 heavy (non-hydrogen) atoms. The van der Waals surface area contributed by atoms with Crippen LogP contribution in [0.5, 0.6) is 5.75 Å². The Kier molecular flexibility index (Phi) is 5.79. The predicted molar refractivity (Wildman–Crippen MR) is 129 cm³/mol. The Morgan fingerprint density at radius 2 is 2.06 bits per heavy atom. The third-order valence-electron chi connectivity index (χ3n) is 6.01. The molecule has 9 heteroatoms. The van der Waals surface area contributed by atoms with Crippen LogP contribution in [0.2, 0.25) is 0 Å². The van der Waals surface area contributed by atoms with Gasteiger partial charge in [-0.3, -0.25) is 14.4 Å². The van der Waals surface area contributed by atoms with Gasteiger partial charge < -0.3 is 20.3 Å². The number of nitrogens with one attached hydrogen (secondary N) is 2. The van der Waals surface area contributed by atoms with Gasteiger partial charge in [-0.05, 0) is 38.0 Å². The molecule has 1 fully saturated rings. The summed E-state index contributed by atoms with van der Waals surface area (Å²) in [6, 6.07) is 13.0. The molecule has 3 heterocycles. The van der Waals surface area contributed by atoms with Crippen LogP contribution in [0.3, 0.4) is 0 Å². The summed E-state index contributed by atoms with van der Waals surface area (Å²) < 4.78 is 5.39. The molecule has 2 N–H and O–H groups in total. The van der Waals surface area contributed by atoms with E-state index in [1.54, 1.807) is 23.1 Å². The first-order valence-electron chi connectivity index (χ1n) is 11.1. The van der Waals surface area contributed by atoms with Gasteiger partial charge in [-0.25, -0.2) is 4.98 Å². The van der Waals surface area contributed by atoms with Gasteiger partial charge >= 0.3 is 0 Å². The van der Waals surface area contributed by atoms with Crippen LogP contribution in [0, 0.1) is 13.8 Å². The molecule has 5 rings (SSSR count). The molecule has 1 aromatic heterocycles. The number of aromatic nitrogens is 1. The Labute approximate surface area is 201 Å². The Hall–Kier alpha value is -3.72. The van der Waals surface area contributed by atoms with E-state index in [0.717, 1.165) is 27.4 Å². The first-order valence-corrected chi connectivity index (χ1v) is 11.9. The zero-order chi connectivity index (χ0) is 23.8. The van der Waals surface area contributed by atoms with E-state index in [9.17, 15) is 14.4 Å². The molecular weight excluding hydrogens is 452 g/mol. The number of hydrogen-bond donors (Lipinski definition) is 2. The zero-order valence-electron chi connectivity index (χ0n) is 18.9. The average molecular weight is 477 g/mol. The molecule has 1 saturated heterocycles. The predicted octanol–water partition coefficient (Wildman–Crippen LogP) is 3.40. The van der Waals surface area contributed by atoms with E-state index in [1.807, 2.05) is 32.0 Å². The van der Waals surface area contributed by atoms with Gasteiger partial charge in [-0.1, -0.05) is 35.9 Å². The molecular formula is C25H24N4O4S. The normalized spacial score (nSPS) is 16.7. The molecule has 0 aliphatic carbocycles. The number of aryl methyl sites for hydroxylation is 2. The minimum atomic E-state index is -0.327. The summed E-state index contributed by atoms with van der Waals surface area (Å²) in [5.74, 6) is -0.280. The summed E-state index contributed by atoms with van der Waals surface area (Å²) in [4.78, 5) is 45.1. The van der Waals surface area contributed by atoms with Gasteiger partial charge in [-0.2, -0.15) is 0 Å². The number of anilines is 1. The van der Waals surface area contributed by atoms with Crippen molar-refractivity contribution in [1.82, 2.24) is 15.2 Å². The number of carbonyl (C=O) groups is 3. The summed E-state index contributed by atoms with van der Waals surface area (Å²) in [6.07, 6.45) is 0.793. The maximum absolute atomic E-state index is 13.4. The van der Waals surface area contributed by atoms with Crippen LogP contribution in [0.1, 0.15) is 37.8 Å². The Morgan fingerprint density at radius 1 is 1.24 bits per heavy atom. The summed E-state index contributed by atoms with van der Waals surface area (Å²) in [7, 11) is 0. The van der Waals surface area contributed by atoms with Crippen LogP contribution in [-0.4, -0.2) is 53.3 Å². The molecule has 8 nitrogen and oxygen atoms in total. The van der Waals surface area contributed by atoms with E-state index in [0.29, 0.717) is 35.8 Å². The van der Waals surface area contributed by atoms with Crippen molar-refractivity contribution < 1.29 is 19.1 Å². The van der Waals surface area contributed by atoms with Gasteiger partial charge in [0.25, 0.3) is 17.7 Å². The lowest BCUT2D eigenvalue weighted by molar-refractivity contribution is -0.118. The minimum absolute atomic E-state index is 0.0716. The van der Waals surface area contributed by atoms with Crippen LogP contribution < -0.4 is 15.4 Å². The zero-order valence-corrected chi connectivity index (χ0v) is 19.7. The number of amides is 3. The van der Waals surface area contributed by atoms with Crippen LogP contribution in [0.4, 0.5) is 5.69 Å². The molecule has 3 amide bonds. The quantitative estimate of drug-likeness (QED) is 0.588.